The number of aliphatic imine (C=N–C) groups is 1. The summed E-state index contributed by atoms with van der Waals surface area (Å²) in [6, 6.07) is 12.8. The highest BCUT2D eigenvalue weighted by Crippen LogP contribution is 2.32. The van der Waals surface area contributed by atoms with E-state index in [9.17, 15) is 9.59 Å². The van der Waals surface area contributed by atoms with Crippen molar-refractivity contribution >= 4 is 34.9 Å². The summed E-state index contributed by atoms with van der Waals surface area (Å²) in [5.74, 6) is 1.43. The van der Waals surface area contributed by atoms with Crippen molar-refractivity contribution in [2.24, 2.45) is 4.99 Å². The number of imidazole rings is 1. The number of aromatic amines is 1. The number of benzene rings is 2. The van der Waals surface area contributed by atoms with Crippen LogP contribution in [0.3, 0.4) is 0 Å². The molecule has 0 spiro atoms. The van der Waals surface area contributed by atoms with Gasteiger partial charge in [0.25, 0.3) is 5.91 Å². The van der Waals surface area contributed by atoms with E-state index in [1.165, 1.54) is 0 Å². The number of anilines is 1. The van der Waals surface area contributed by atoms with E-state index in [4.69, 9.17) is 0 Å². The van der Waals surface area contributed by atoms with E-state index in [2.05, 4.69) is 26.4 Å². The van der Waals surface area contributed by atoms with Gasteiger partial charge in [-0.25, -0.2) is 4.98 Å². The molecule has 2 amide bonds. The molecule has 0 unspecified atom stereocenters. The SMILES string of the molecule is O=CNc1ccc(-c2nc3ccc(C(=O)N4C5=CCCN=C54)cc3[nH]2)cc1. The Labute approximate surface area is 154 Å². The maximum Gasteiger partial charge on any atom is 0.264 e. The molecule has 1 saturated heterocycles. The van der Waals surface area contributed by atoms with Gasteiger partial charge in [0.2, 0.25) is 6.41 Å². The van der Waals surface area contributed by atoms with Gasteiger partial charge in [0.1, 0.15) is 5.82 Å². The van der Waals surface area contributed by atoms with Crippen molar-refractivity contribution in [2.45, 2.75) is 6.42 Å². The summed E-state index contributed by atoms with van der Waals surface area (Å²) in [6.45, 7) is 0.743. The van der Waals surface area contributed by atoms with Gasteiger partial charge in [0.15, 0.2) is 5.84 Å². The Morgan fingerprint density at radius 1 is 1.19 bits per heavy atom. The van der Waals surface area contributed by atoms with Gasteiger partial charge in [-0.05, 0) is 48.9 Å². The molecule has 3 heterocycles. The molecule has 0 atom stereocenters. The number of hydrogen-bond donors (Lipinski definition) is 2. The number of hydrogen-bond acceptors (Lipinski definition) is 4. The first-order chi connectivity index (χ1) is 13.2. The monoisotopic (exact) mass is 357 g/mol. The number of dihydropyridines is 1. The summed E-state index contributed by atoms with van der Waals surface area (Å²) < 4.78 is 0. The first-order valence-corrected chi connectivity index (χ1v) is 8.64. The molecule has 5 rings (SSSR count). The number of rotatable bonds is 4. The highest BCUT2D eigenvalue weighted by Gasteiger charge is 2.42. The van der Waals surface area contributed by atoms with Crippen LogP contribution in [0.25, 0.3) is 22.4 Å². The number of carbonyl (C=O) groups is 2. The smallest absolute Gasteiger partial charge is 0.264 e. The number of aromatic nitrogens is 2. The molecule has 2 aromatic carbocycles. The van der Waals surface area contributed by atoms with Crippen LogP contribution in [0.4, 0.5) is 5.69 Å². The van der Waals surface area contributed by atoms with E-state index >= 15 is 0 Å². The lowest BCUT2D eigenvalue weighted by molar-refractivity contribution is -0.105. The van der Waals surface area contributed by atoms with Crippen molar-refractivity contribution < 1.29 is 9.59 Å². The van der Waals surface area contributed by atoms with Crippen LogP contribution in [0, 0.1) is 0 Å². The average molecular weight is 357 g/mol. The highest BCUT2D eigenvalue weighted by molar-refractivity contribution is 6.28. The highest BCUT2D eigenvalue weighted by atomic mass is 16.2. The Morgan fingerprint density at radius 3 is 2.78 bits per heavy atom. The van der Waals surface area contributed by atoms with Crippen LogP contribution in [0.5, 0.6) is 0 Å². The Kier molecular flexibility index (Phi) is 3.39. The van der Waals surface area contributed by atoms with E-state index in [1.54, 1.807) is 11.0 Å². The first kappa shape index (κ1) is 15.5. The maximum absolute atomic E-state index is 12.7. The topological polar surface area (TPSA) is 90.2 Å². The number of amidine groups is 1. The Bertz CT molecular complexity index is 1120. The fourth-order valence-electron chi connectivity index (χ4n) is 3.28. The van der Waals surface area contributed by atoms with Gasteiger partial charge in [-0.3, -0.25) is 19.5 Å². The number of carbonyl (C=O) groups excluding carboxylic acids is 2. The normalized spacial score (nSPS) is 15.0. The molecule has 3 aromatic rings. The lowest BCUT2D eigenvalue weighted by Gasteiger charge is -2.00. The summed E-state index contributed by atoms with van der Waals surface area (Å²) in [5, 5.41) is 2.60. The van der Waals surface area contributed by atoms with Crippen LogP contribution in [0.1, 0.15) is 16.8 Å². The van der Waals surface area contributed by atoms with E-state index in [0.29, 0.717) is 17.8 Å². The third-order valence-corrected chi connectivity index (χ3v) is 4.68. The van der Waals surface area contributed by atoms with E-state index in [0.717, 1.165) is 46.8 Å². The van der Waals surface area contributed by atoms with Crippen LogP contribution in [-0.4, -0.2) is 39.6 Å². The first-order valence-electron chi connectivity index (χ1n) is 8.64. The zero-order chi connectivity index (χ0) is 18.4. The van der Waals surface area contributed by atoms with Crippen LogP contribution in [0.2, 0.25) is 0 Å². The second-order valence-electron chi connectivity index (χ2n) is 6.38. The van der Waals surface area contributed by atoms with Gasteiger partial charge in [0.05, 0.1) is 16.7 Å². The van der Waals surface area contributed by atoms with Gasteiger partial charge >= 0.3 is 0 Å². The molecule has 2 aliphatic heterocycles. The minimum absolute atomic E-state index is 0.0655. The molecule has 7 heteroatoms. The van der Waals surface area contributed by atoms with E-state index < -0.39 is 0 Å². The summed E-state index contributed by atoms with van der Waals surface area (Å²) >= 11 is 0. The van der Waals surface area contributed by atoms with Crippen molar-refractivity contribution in [3.05, 3.63) is 59.8 Å². The Morgan fingerprint density at radius 2 is 2.04 bits per heavy atom. The predicted octanol–water partition coefficient (Wildman–Crippen LogP) is 2.94. The quantitative estimate of drug-likeness (QED) is 0.556. The molecule has 1 aromatic heterocycles. The molecule has 0 bridgehead atoms. The molecule has 27 heavy (non-hydrogen) atoms. The molecule has 7 nitrogen and oxygen atoms in total. The standard InChI is InChI=1S/C20H15N5O2/c26-11-22-14-6-3-12(4-7-14)18-23-15-8-5-13(10-16(15)24-18)20(27)25-17-2-1-9-21-19(17)25/h2-8,10-11H,1,9H2,(H,22,26)(H,23,24). The number of nitrogens with one attached hydrogen (secondary N) is 2. The van der Waals surface area contributed by atoms with Crippen molar-refractivity contribution in [1.82, 2.24) is 14.9 Å². The molecule has 132 valence electrons. The van der Waals surface area contributed by atoms with Crippen molar-refractivity contribution in [2.75, 3.05) is 11.9 Å². The Balaban J connectivity index is 1.45. The van der Waals surface area contributed by atoms with Crippen LogP contribution in [0.15, 0.2) is 59.2 Å². The molecular weight excluding hydrogens is 342 g/mol. The van der Waals surface area contributed by atoms with Crippen molar-refractivity contribution in [3.8, 4) is 11.4 Å². The average Bonchev–Trinajstić information content (AvgIpc) is 3.28. The number of fused-ring (bicyclic) bond motifs is 2. The molecule has 0 aliphatic carbocycles. The number of H-pyrrole nitrogens is 1. The fraction of sp³-hybridized carbons (Fsp3) is 0.100. The molecule has 0 radical (unpaired) electrons. The summed E-state index contributed by atoms with van der Waals surface area (Å²) in [7, 11) is 0. The van der Waals surface area contributed by atoms with Gasteiger partial charge in [-0.15, -0.1) is 0 Å². The van der Waals surface area contributed by atoms with Gasteiger partial charge in [0, 0.05) is 23.4 Å². The molecule has 0 saturated carbocycles. The number of amides is 2. The predicted molar refractivity (Wildman–Crippen MR) is 102 cm³/mol. The molecule has 2 aliphatic rings. The maximum atomic E-state index is 12.7. The second-order valence-corrected chi connectivity index (χ2v) is 6.38. The summed E-state index contributed by atoms with van der Waals surface area (Å²) in [4.78, 5) is 37.1. The zero-order valence-corrected chi connectivity index (χ0v) is 14.3. The van der Waals surface area contributed by atoms with E-state index in [1.807, 2.05) is 36.4 Å². The lowest BCUT2D eigenvalue weighted by Crippen LogP contribution is -2.11. The van der Waals surface area contributed by atoms with Gasteiger partial charge in [-0.2, -0.15) is 0 Å². The largest absolute Gasteiger partial charge is 0.338 e. The lowest BCUT2D eigenvalue weighted by atomic mass is 10.2. The zero-order valence-electron chi connectivity index (χ0n) is 14.3. The fourth-order valence-corrected chi connectivity index (χ4v) is 3.28. The third-order valence-electron chi connectivity index (χ3n) is 4.68. The van der Waals surface area contributed by atoms with Crippen LogP contribution < -0.4 is 5.32 Å². The second kappa shape index (κ2) is 5.91. The third kappa shape index (κ3) is 2.60. The van der Waals surface area contributed by atoms with Crippen molar-refractivity contribution in [3.63, 3.8) is 0 Å². The number of nitrogens with zero attached hydrogens (tertiary/aromatic N) is 3. The van der Waals surface area contributed by atoms with E-state index in [-0.39, 0.29) is 5.91 Å². The van der Waals surface area contributed by atoms with Crippen LogP contribution >= 0.6 is 0 Å². The van der Waals surface area contributed by atoms with Crippen molar-refractivity contribution in [1.29, 1.82) is 0 Å². The summed E-state index contributed by atoms with van der Waals surface area (Å²) in [5.41, 5.74) is 4.73. The Hall–Kier alpha value is -3.74. The summed E-state index contributed by atoms with van der Waals surface area (Å²) in [6.07, 6.45) is 3.57. The van der Waals surface area contributed by atoms with Gasteiger partial charge < -0.3 is 10.3 Å². The van der Waals surface area contributed by atoms with Gasteiger partial charge in [-0.1, -0.05) is 6.08 Å². The van der Waals surface area contributed by atoms with Crippen LogP contribution in [-0.2, 0) is 4.79 Å². The molecular formula is C20H15N5O2. The molecule has 1 fully saturated rings. The minimum Gasteiger partial charge on any atom is -0.338 e. The molecule has 2 N–H and O–H groups in total. The minimum atomic E-state index is -0.0655.